The van der Waals surface area contributed by atoms with Gasteiger partial charge in [-0.1, -0.05) is 55.5 Å². The van der Waals surface area contributed by atoms with Crippen LogP contribution in [0, 0.1) is 0 Å². The Morgan fingerprint density at radius 2 is 1.74 bits per heavy atom. The van der Waals surface area contributed by atoms with Gasteiger partial charge in [-0.3, -0.25) is 10.1 Å². The summed E-state index contributed by atoms with van der Waals surface area (Å²) >= 11 is 1.24. The fraction of sp³-hybridized carbons (Fsp3) is 0.280. The predicted molar refractivity (Wildman–Crippen MR) is 137 cm³/mol. The molecule has 34 heavy (non-hydrogen) atoms. The van der Waals surface area contributed by atoms with Crippen molar-refractivity contribution in [3.63, 3.8) is 0 Å². The van der Waals surface area contributed by atoms with Crippen LogP contribution in [0.4, 0.5) is 5.13 Å². The first kappa shape index (κ1) is 24.1. The van der Waals surface area contributed by atoms with E-state index in [9.17, 15) is 13.2 Å². The van der Waals surface area contributed by atoms with E-state index < -0.39 is 10.0 Å². The number of amides is 1. The first-order chi connectivity index (χ1) is 16.4. The lowest BCUT2D eigenvalue weighted by molar-refractivity contribution is -0.118. The van der Waals surface area contributed by atoms with E-state index in [0.717, 1.165) is 23.6 Å². The van der Waals surface area contributed by atoms with Crippen LogP contribution >= 0.6 is 11.3 Å². The first-order valence-corrected chi connectivity index (χ1v) is 13.5. The Hall–Kier alpha value is -3.01. The number of ether oxygens (including phenoxy) is 1. The van der Waals surface area contributed by atoms with E-state index in [4.69, 9.17) is 4.74 Å². The molecular formula is C25H27N3O4S2. The third-order valence-electron chi connectivity index (χ3n) is 5.28. The highest BCUT2D eigenvalue weighted by molar-refractivity contribution is 7.89. The molecule has 0 bridgehead atoms. The second kappa shape index (κ2) is 10.5. The minimum absolute atomic E-state index is 0.156. The molecule has 0 saturated heterocycles. The molecule has 0 spiro atoms. The molecule has 1 heterocycles. The third kappa shape index (κ3) is 5.38. The molecule has 0 saturated carbocycles. The zero-order valence-electron chi connectivity index (χ0n) is 19.2. The fourth-order valence-corrected chi connectivity index (χ4v) is 6.33. The lowest BCUT2D eigenvalue weighted by Crippen LogP contribution is -2.32. The van der Waals surface area contributed by atoms with E-state index in [1.807, 2.05) is 56.3 Å². The van der Waals surface area contributed by atoms with Crippen molar-refractivity contribution < 1.29 is 17.9 Å². The maximum atomic E-state index is 13.1. The predicted octanol–water partition coefficient (Wildman–Crippen LogP) is 5.28. The van der Waals surface area contributed by atoms with Gasteiger partial charge in [0.1, 0.15) is 5.75 Å². The smallest absolute Gasteiger partial charge is 0.264 e. The van der Waals surface area contributed by atoms with Gasteiger partial charge in [-0.15, -0.1) is 0 Å². The van der Waals surface area contributed by atoms with Crippen molar-refractivity contribution in [2.24, 2.45) is 0 Å². The number of thiazole rings is 1. The average molecular weight is 498 g/mol. The Morgan fingerprint density at radius 1 is 1.00 bits per heavy atom. The fourth-order valence-electron chi connectivity index (χ4n) is 3.68. The van der Waals surface area contributed by atoms with Gasteiger partial charge in [-0.05, 0) is 53.9 Å². The molecule has 0 radical (unpaired) electrons. The van der Waals surface area contributed by atoms with Gasteiger partial charge in [0, 0.05) is 13.1 Å². The van der Waals surface area contributed by atoms with Crippen LogP contribution in [0.25, 0.3) is 21.0 Å². The lowest BCUT2D eigenvalue weighted by Gasteiger charge is -2.20. The van der Waals surface area contributed by atoms with E-state index in [1.165, 1.54) is 15.6 Å². The van der Waals surface area contributed by atoms with Crippen LogP contribution in [-0.2, 0) is 14.8 Å². The maximum absolute atomic E-state index is 13.1. The summed E-state index contributed by atoms with van der Waals surface area (Å²) in [6.07, 6.45) is 1.50. The molecule has 0 aliphatic rings. The van der Waals surface area contributed by atoms with Crippen LogP contribution in [0.1, 0.15) is 26.7 Å². The number of carbonyl (C=O) groups is 1. The van der Waals surface area contributed by atoms with E-state index in [-0.39, 0.29) is 17.4 Å². The largest absolute Gasteiger partial charge is 0.484 e. The summed E-state index contributed by atoms with van der Waals surface area (Å²) in [6, 6.07) is 18.5. The molecule has 7 nitrogen and oxygen atoms in total. The van der Waals surface area contributed by atoms with Crippen LogP contribution in [-0.4, -0.2) is 43.3 Å². The molecule has 178 valence electrons. The zero-order chi connectivity index (χ0) is 24.1. The molecule has 1 amide bonds. The normalized spacial score (nSPS) is 11.9. The van der Waals surface area contributed by atoms with E-state index >= 15 is 0 Å². The zero-order valence-corrected chi connectivity index (χ0v) is 20.8. The van der Waals surface area contributed by atoms with Crippen molar-refractivity contribution in [1.82, 2.24) is 9.29 Å². The number of hydrogen-bond acceptors (Lipinski definition) is 6. The topological polar surface area (TPSA) is 88.6 Å². The first-order valence-electron chi connectivity index (χ1n) is 11.2. The average Bonchev–Trinajstić information content (AvgIpc) is 3.24. The second-order valence-corrected chi connectivity index (χ2v) is 10.9. The Kier molecular flexibility index (Phi) is 7.45. The van der Waals surface area contributed by atoms with Crippen LogP contribution in [0.5, 0.6) is 5.75 Å². The van der Waals surface area contributed by atoms with Gasteiger partial charge in [0.25, 0.3) is 5.91 Å². The monoisotopic (exact) mass is 497 g/mol. The van der Waals surface area contributed by atoms with Crippen molar-refractivity contribution in [3.05, 3.63) is 60.7 Å². The summed E-state index contributed by atoms with van der Waals surface area (Å²) in [6.45, 7) is 4.73. The number of nitrogens with zero attached hydrogens (tertiary/aromatic N) is 2. The number of aromatic nitrogens is 1. The minimum Gasteiger partial charge on any atom is -0.484 e. The van der Waals surface area contributed by atoms with Gasteiger partial charge in [-0.25, -0.2) is 13.4 Å². The molecule has 0 unspecified atom stereocenters. The van der Waals surface area contributed by atoms with Crippen LogP contribution < -0.4 is 10.1 Å². The Bertz CT molecular complexity index is 1410. The number of anilines is 1. The molecule has 4 aromatic rings. The summed E-state index contributed by atoms with van der Waals surface area (Å²) in [5, 5.41) is 5.28. The SMILES string of the molecule is CCCN(CCC)S(=O)(=O)c1ccc2nc(NC(=O)COc3ccc4ccccc4c3)sc2c1. The summed E-state index contributed by atoms with van der Waals surface area (Å²) in [7, 11) is -3.58. The molecule has 0 aliphatic carbocycles. The van der Waals surface area contributed by atoms with Crippen molar-refractivity contribution in [1.29, 1.82) is 0 Å². The van der Waals surface area contributed by atoms with E-state index in [2.05, 4.69) is 10.3 Å². The summed E-state index contributed by atoms with van der Waals surface area (Å²) in [4.78, 5) is 17.1. The van der Waals surface area contributed by atoms with Crippen molar-refractivity contribution in [3.8, 4) is 5.75 Å². The number of benzene rings is 3. The molecule has 1 aromatic heterocycles. The Balaban J connectivity index is 1.44. The molecular weight excluding hydrogens is 470 g/mol. The molecule has 1 N–H and O–H groups in total. The highest BCUT2D eigenvalue weighted by Crippen LogP contribution is 2.29. The number of rotatable bonds is 10. The van der Waals surface area contributed by atoms with Crippen LogP contribution in [0.15, 0.2) is 65.6 Å². The number of hydrogen-bond donors (Lipinski definition) is 1. The van der Waals surface area contributed by atoms with Crippen LogP contribution in [0.2, 0.25) is 0 Å². The van der Waals surface area contributed by atoms with Crippen molar-refractivity contribution in [2.75, 3.05) is 25.0 Å². The number of carbonyl (C=O) groups excluding carboxylic acids is 1. The van der Waals surface area contributed by atoms with Gasteiger partial charge < -0.3 is 4.74 Å². The highest BCUT2D eigenvalue weighted by atomic mass is 32.2. The van der Waals surface area contributed by atoms with Gasteiger partial charge in [-0.2, -0.15) is 4.31 Å². The second-order valence-electron chi connectivity index (χ2n) is 7.90. The molecule has 3 aromatic carbocycles. The van der Waals surface area contributed by atoms with E-state index in [0.29, 0.717) is 34.2 Å². The number of sulfonamides is 1. The molecule has 0 atom stereocenters. The summed E-state index contributed by atoms with van der Waals surface area (Å²) in [5.41, 5.74) is 0.632. The number of fused-ring (bicyclic) bond motifs is 2. The van der Waals surface area contributed by atoms with Gasteiger partial charge in [0.15, 0.2) is 11.7 Å². The van der Waals surface area contributed by atoms with Gasteiger partial charge in [0.05, 0.1) is 15.1 Å². The van der Waals surface area contributed by atoms with Crippen molar-refractivity contribution >= 4 is 53.4 Å². The maximum Gasteiger partial charge on any atom is 0.264 e. The summed E-state index contributed by atoms with van der Waals surface area (Å²) < 4.78 is 34.0. The van der Waals surface area contributed by atoms with Gasteiger partial charge in [0.2, 0.25) is 10.0 Å². The third-order valence-corrected chi connectivity index (χ3v) is 8.11. The molecule has 0 fully saturated rings. The van der Waals surface area contributed by atoms with Gasteiger partial charge >= 0.3 is 0 Å². The lowest BCUT2D eigenvalue weighted by atomic mass is 10.1. The molecule has 0 aliphatic heterocycles. The number of nitrogens with one attached hydrogen (secondary N) is 1. The Labute approximate surface area is 203 Å². The van der Waals surface area contributed by atoms with Crippen molar-refractivity contribution in [2.45, 2.75) is 31.6 Å². The Morgan fingerprint density at radius 3 is 2.47 bits per heavy atom. The standard InChI is InChI=1S/C25H27N3O4S2/c1-3-13-28(14-4-2)34(30,31)21-11-12-22-23(16-21)33-25(26-22)27-24(29)17-32-20-10-9-18-7-5-6-8-19(18)15-20/h5-12,15-16H,3-4,13-14,17H2,1-2H3,(H,26,27,29). The molecule has 4 rings (SSSR count). The van der Waals surface area contributed by atoms with Crippen LogP contribution in [0.3, 0.4) is 0 Å². The highest BCUT2D eigenvalue weighted by Gasteiger charge is 2.24. The van der Waals surface area contributed by atoms with E-state index in [1.54, 1.807) is 18.2 Å². The quantitative estimate of drug-likeness (QED) is 0.322. The molecule has 9 heteroatoms. The minimum atomic E-state index is -3.58. The summed E-state index contributed by atoms with van der Waals surface area (Å²) in [5.74, 6) is 0.272.